The van der Waals surface area contributed by atoms with E-state index in [1.807, 2.05) is 54.6 Å². The van der Waals surface area contributed by atoms with E-state index in [1.165, 1.54) is 0 Å². The minimum Gasteiger partial charge on any atom is -0.347 e. The molecule has 154 valence electrons. The van der Waals surface area contributed by atoms with Gasteiger partial charge in [0.05, 0.1) is 35.2 Å². The number of carbonyl (C=O) groups is 2. The molecule has 0 radical (unpaired) electrons. The minimum atomic E-state index is -0.215. The third-order valence-electron chi connectivity index (χ3n) is 4.43. The number of halogens is 2. The SMILES string of the molecule is O=C(Cc1ccccc1)NCC(=O)N(Cc1ccc(Cl)c(Cl)c1)Cc1ccccn1. The van der Waals surface area contributed by atoms with Crippen LogP contribution in [0.3, 0.4) is 0 Å². The van der Waals surface area contributed by atoms with Crippen LogP contribution in [0, 0.1) is 0 Å². The van der Waals surface area contributed by atoms with Gasteiger partial charge in [-0.25, -0.2) is 0 Å². The predicted octanol–water partition coefficient (Wildman–Crippen LogP) is 4.28. The van der Waals surface area contributed by atoms with E-state index in [0.29, 0.717) is 23.1 Å². The standard InChI is InChI=1S/C23H21Cl2N3O2/c24-20-10-9-18(12-21(20)25)15-28(16-19-8-4-5-11-26-19)23(30)14-27-22(29)13-17-6-2-1-3-7-17/h1-12H,13-16H2,(H,27,29). The van der Waals surface area contributed by atoms with Gasteiger partial charge < -0.3 is 10.2 Å². The fourth-order valence-electron chi connectivity index (χ4n) is 2.91. The molecule has 3 rings (SSSR count). The molecule has 7 heteroatoms. The van der Waals surface area contributed by atoms with E-state index in [4.69, 9.17) is 23.2 Å². The number of nitrogens with zero attached hydrogens (tertiary/aromatic N) is 2. The summed E-state index contributed by atoms with van der Waals surface area (Å²) in [7, 11) is 0. The summed E-state index contributed by atoms with van der Waals surface area (Å²) in [6.45, 7) is 0.537. The van der Waals surface area contributed by atoms with Crippen LogP contribution >= 0.6 is 23.2 Å². The molecule has 0 atom stereocenters. The van der Waals surface area contributed by atoms with Crippen molar-refractivity contribution in [2.24, 2.45) is 0 Å². The van der Waals surface area contributed by atoms with E-state index in [1.54, 1.807) is 23.2 Å². The molecule has 30 heavy (non-hydrogen) atoms. The number of rotatable bonds is 8. The fraction of sp³-hybridized carbons (Fsp3) is 0.174. The first-order valence-corrected chi connectivity index (χ1v) is 10.2. The Hall–Kier alpha value is -2.89. The molecular weight excluding hydrogens is 421 g/mol. The zero-order valence-electron chi connectivity index (χ0n) is 16.2. The highest BCUT2D eigenvalue weighted by Gasteiger charge is 2.17. The van der Waals surface area contributed by atoms with E-state index >= 15 is 0 Å². The van der Waals surface area contributed by atoms with Gasteiger partial charge in [-0.2, -0.15) is 0 Å². The summed E-state index contributed by atoms with van der Waals surface area (Å²) in [5.74, 6) is -0.421. The zero-order chi connectivity index (χ0) is 21.3. The number of hydrogen-bond acceptors (Lipinski definition) is 3. The van der Waals surface area contributed by atoms with Gasteiger partial charge in [0, 0.05) is 12.7 Å². The van der Waals surface area contributed by atoms with Crippen LogP contribution in [-0.4, -0.2) is 28.2 Å². The van der Waals surface area contributed by atoms with Gasteiger partial charge in [0.1, 0.15) is 0 Å². The number of aromatic nitrogens is 1. The van der Waals surface area contributed by atoms with Gasteiger partial charge in [-0.1, -0.05) is 65.7 Å². The van der Waals surface area contributed by atoms with Gasteiger partial charge in [0.25, 0.3) is 0 Å². The molecule has 0 fully saturated rings. The van der Waals surface area contributed by atoms with Crippen LogP contribution in [0.15, 0.2) is 72.9 Å². The van der Waals surface area contributed by atoms with Crippen LogP contribution in [0.25, 0.3) is 0 Å². The van der Waals surface area contributed by atoms with Crippen molar-refractivity contribution < 1.29 is 9.59 Å². The highest BCUT2D eigenvalue weighted by atomic mass is 35.5. The lowest BCUT2D eigenvalue weighted by atomic mass is 10.1. The Morgan fingerprint density at radius 1 is 0.867 bits per heavy atom. The van der Waals surface area contributed by atoms with Crippen LogP contribution in [0.1, 0.15) is 16.8 Å². The molecule has 0 spiro atoms. The number of carbonyl (C=O) groups excluding carboxylic acids is 2. The maximum atomic E-state index is 12.9. The summed E-state index contributed by atoms with van der Waals surface area (Å²) in [6.07, 6.45) is 1.90. The molecule has 0 unspecified atom stereocenters. The van der Waals surface area contributed by atoms with Crippen molar-refractivity contribution in [2.45, 2.75) is 19.5 Å². The normalized spacial score (nSPS) is 10.5. The molecule has 1 N–H and O–H groups in total. The number of hydrogen-bond donors (Lipinski definition) is 1. The molecule has 2 amide bonds. The van der Waals surface area contributed by atoms with Gasteiger partial charge in [0.2, 0.25) is 11.8 Å². The first-order chi connectivity index (χ1) is 14.5. The van der Waals surface area contributed by atoms with Crippen molar-refractivity contribution in [3.8, 4) is 0 Å². The van der Waals surface area contributed by atoms with Crippen molar-refractivity contribution in [1.29, 1.82) is 0 Å². The minimum absolute atomic E-state index is 0.0974. The Morgan fingerprint density at radius 2 is 1.63 bits per heavy atom. The van der Waals surface area contributed by atoms with Crippen LogP contribution in [-0.2, 0) is 29.1 Å². The molecular formula is C23H21Cl2N3O2. The summed E-state index contributed by atoms with van der Waals surface area (Å²) in [5, 5.41) is 3.59. The molecule has 0 aliphatic carbocycles. The largest absolute Gasteiger partial charge is 0.347 e. The second kappa shape index (κ2) is 10.8. The highest BCUT2D eigenvalue weighted by Crippen LogP contribution is 2.23. The molecule has 0 bridgehead atoms. The van der Waals surface area contributed by atoms with E-state index in [0.717, 1.165) is 16.8 Å². The van der Waals surface area contributed by atoms with Crippen molar-refractivity contribution >= 4 is 35.0 Å². The topological polar surface area (TPSA) is 62.3 Å². The lowest BCUT2D eigenvalue weighted by molar-refractivity contribution is -0.133. The Labute approximate surface area is 185 Å². The zero-order valence-corrected chi connectivity index (χ0v) is 17.7. The fourth-order valence-corrected chi connectivity index (χ4v) is 3.23. The van der Waals surface area contributed by atoms with Gasteiger partial charge in [-0.15, -0.1) is 0 Å². The average Bonchev–Trinajstić information content (AvgIpc) is 2.75. The monoisotopic (exact) mass is 441 g/mol. The van der Waals surface area contributed by atoms with Gasteiger partial charge >= 0.3 is 0 Å². The Morgan fingerprint density at radius 3 is 2.33 bits per heavy atom. The van der Waals surface area contributed by atoms with Crippen molar-refractivity contribution in [3.63, 3.8) is 0 Å². The number of amides is 2. The molecule has 5 nitrogen and oxygen atoms in total. The lowest BCUT2D eigenvalue weighted by Gasteiger charge is -2.23. The molecule has 0 aliphatic heterocycles. The summed E-state index contributed by atoms with van der Waals surface area (Å²) in [5.41, 5.74) is 2.48. The van der Waals surface area contributed by atoms with E-state index in [-0.39, 0.29) is 24.8 Å². The highest BCUT2D eigenvalue weighted by molar-refractivity contribution is 6.42. The number of nitrogens with one attached hydrogen (secondary N) is 1. The van der Waals surface area contributed by atoms with Gasteiger partial charge in [-0.05, 0) is 35.4 Å². The average molecular weight is 442 g/mol. The molecule has 0 aliphatic rings. The second-order valence-electron chi connectivity index (χ2n) is 6.76. The predicted molar refractivity (Wildman–Crippen MR) is 118 cm³/mol. The van der Waals surface area contributed by atoms with Crippen molar-refractivity contribution in [3.05, 3.63) is 99.8 Å². The van der Waals surface area contributed by atoms with Crippen LogP contribution in [0.4, 0.5) is 0 Å². The molecule has 3 aromatic rings. The second-order valence-corrected chi connectivity index (χ2v) is 7.57. The Bertz CT molecular complexity index is 998. The van der Waals surface area contributed by atoms with Crippen molar-refractivity contribution in [1.82, 2.24) is 15.2 Å². The van der Waals surface area contributed by atoms with E-state index in [2.05, 4.69) is 10.3 Å². The third-order valence-corrected chi connectivity index (χ3v) is 5.17. The quantitative estimate of drug-likeness (QED) is 0.567. The molecule has 0 saturated heterocycles. The molecule has 1 heterocycles. The summed E-state index contributed by atoms with van der Waals surface area (Å²) in [4.78, 5) is 31.0. The lowest BCUT2D eigenvalue weighted by Crippen LogP contribution is -2.40. The summed E-state index contributed by atoms with van der Waals surface area (Å²) >= 11 is 12.1. The van der Waals surface area contributed by atoms with E-state index < -0.39 is 0 Å². The van der Waals surface area contributed by atoms with Crippen LogP contribution in [0.5, 0.6) is 0 Å². The summed E-state index contributed by atoms with van der Waals surface area (Å²) in [6, 6.07) is 20.2. The molecule has 1 aromatic heterocycles. The smallest absolute Gasteiger partial charge is 0.242 e. The molecule has 0 saturated carbocycles. The summed E-state index contributed by atoms with van der Waals surface area (Å²) < 4.78 is 0. The van der Waals surface area contributed by atoms with Crippen LogP contribution < -0.4 is 5.32 Å². The van der Waals surface area contributed by atoms with E-state index in [9.17, 15) is 9.59 Å². The molecule has 2 aromatic carbocycles. The first kappa shape index (κ1) is 21.8. The van der Waals surface area contributed by atoms with Gasteiger partial charge in [0.15, 0.2) is 0 Å². The first-order valence-electron chi connectivity index (χ1n) is 9.43. The number of pyridine rings is 1. The Kier molecular flexibility index (Phi) is 7.82. The maximum absolute atomic E-state index is 12.9. The third kappa shape index (κ3) is 6.58. The van der Waals surface area contributed by atoms with Gasteiger partial charge in [-0.3, -0.25) is 14.6 Å². The van der Waals surface area contributed by atoms with Crippen LogP contribution in [0.2, 0.25) is 10.0 Å². The Balaban J connectivity index is 1.66. The van der Waals surface area contributed by atoms with Crippen molar-refractivity contribution in [2.75, 3.05) is 6.54 Å². The number of benzene rings is 2. The maximum Gasteiger partial charge on any atom is 0.242 e.